The Labute approximate surface area is 110 Å². The van der Waals surface area contributed by atoms with Crippen molar-refractivity contribution in [1.29, 1.82) is 0 Å². The standard InChI is InChI=1S/C12H13Cl2N3/c13-11-3-2-10(8-12(11)14)16-4-1-6-17-7-5-15-9-17/h2-3,5,7-9,16H,1,4,6H2. The number of nitrogens with one attached hydrogen (secondary N) is 1. The van der Waals surface area contributed by atoms with Crippen molar-refractivity contribution in [2.24, 2.45) is 0 Å². The number of aryl methyl sites for hydroxylation is 1. The maximum Gasteiger partial charge on any atom is 0.0945 e. The first kappa shape index (κ1) is 12.3. The summed E-state index contributed by atoms with van der Waals surface area (Å²) in [5, 5.41) is 4.45. The van der Waals surface area contributed by atoms with Crippen LogP contribution in [-0.4, -0.2) is 16.1 Å². The molecule has 0 radical (unpaired) electrons. The molecule has 1 aromatic heterocycles. The molecule has 0 saturated heterocycles. The molecular formula is C12H13Cl2N3. The molecule has 17 heavy (non-hydrogen) atoms. The van der Waals surface area contributed by atoms with E-state index in [1.54, 1.807) is 12.3 Å². The van der Waals surface area contributed by atoms with Gasteiger partial charge in [0.25, 0.3) is 0 Å². The molecule has 0 bridgehead atoms. The van der Waals surface area contributed by atoms with E-state index in [0.717, 1.165) is 25.2 Å². The van der Waals surface area contributed by atoms with E-state index in [1.807, 2.05) is 24.7 Å². The summed E-state index contributed by atoms with van der Waals surface area (Å²) in [4.78, 5) is 3.99. The molecule has 1 heterocycles. The first-order chi connectivity index (χ1) is 8.25. The highest BCUT2D eigenvalue weighted by atomic mass is 35.5. The maximum atomic E-state index is 5.92. The van der Waals surface area contributed by atoms with Crippen molar-refractivity contribution < 1.29 is 0 Å². The number of benzene rings is 1. The van der Waals surface area contributed by atoms with E-state index in [4.69, 9.17) is 23.2 Å². The van der Waals surface area contributed by atoms with Crippen molar-refractivity contribution in [2.45, 2.75) is 13.0 Å². The summed E-state index contributed by atoms with van der Waals surface area (Å²) in [6.07, 6.45) is 6.58. The summed E-state index contributed by atoms with van der Waals surface area (Å²) in [7, 11) is 0. The first-order valence-corrected chi connectivity index (χ1v) is 6.16. The van der Waals surface area contributed by atoms with Gasteiger partial charge in [0.15, 0.2) is 0 Å². The Morgan fingerprint density at radius 3 is 2.82 bits per heavy atom. The van der Waals surface area contributed by atoms with Crippen LogP contribution in [-0.2, 0) is 6.54 Å². The number of nitrogens with zero attached hydrogens (tertiary/aromatic N) is 2. The molecule has 0 saturated carbocycles. The van der Waals surface area contributed by atoms with Gasteiger partial charge in [-0.25, -0.2) is 4.98 Å². The maximum absolute atomic E-state index is 5.92. The monoisotopic (exact) mass is 269 g/mol. The van der Waals surface area contributed by atoms with Gasteiger partial charge >= 0.3 is 0 Å². The van der Waals surface area contributed by atoms with Gasteiger partial charge in [-0.05, 0) is 24.6 Å². The zero-order valence-corrected chi connectivity index (χ0v) is 10.7. The number of halogens is 2. The van der Waals surface area contributed by atoms with Gasteiger partial charge in [0.05, 0.1) is 16.4 Å². The molecule has 2 rings (SSSR count). The first-order valence-electron chi connectivity index (χ1n) is 5.40. The minimum absolute atomic E-state index is 0.575. The fourth-order valence-electron chi connectivity index (χ4n) is 1.52. The van der Waals surface area contributed by atoms with Crippen molar-refractivity contribution in [2.75, 3.05) is 11.9 Å². The molecule has 0 amide bonds. The second-order valence-electron chi connectivity index (χ2n) is 3.71. The van der Waals surface area contributed by atoms with E-state index in [0.29, 0.717) is 10.0 Å². The Hall–Kier alpha value is -1.19. The van der Waals surface area contributed by atoms with Crippen molar-refractivity contribution in [3.05, 3.63) is 47.0 Å². The van der Waals surface area contributed by atoms with Crippen LogP contribution in [0.25, 0.3) is 0 Å². The lowest BCUT2D eigenvalue weighted by Gasteiger charge is -2.07. The Morgan fingerprint density at radius 1 is 1.24 bits per heavy atom. The van der Waals surface area contributed by atoms with E-state index in [9.17, 15) is 0 Å². The Morgan fingerprint density at radius 2 is 2.12 bits per heavy atom. The van der Waals surface area contributed by atoms with E-state index in [1.165, 1.54) is 0 Å². The highest BCUT2D eigenvalue weighted by molar-refractivity contribution is 6.42. The van der Waals surface area contributed by atoms with Gasteiger partial charge in [-0.2, -0.15) is 0 Å². The van der Waals surface area contributed by atoms with Crippen LogP contribution in [0.1, 0.15) is 6.42 Å². The number of hydrogen-bond donors (Lipinski definition) is 1. The number of aromatic nitrogens is 2. The minimum Gasteiger partial charge on any atom is -0.385 e. The summed E-state index contributed by atoms with van der Waals surface area (Å²) >= 11 is 11.8. The Bertz CT molecular complexity index is 469. The highest BCUT2D eigenvalue weighted by Crippen LogP contribution is 2.24. The predicted octanol–water partition coefficient (Wildman–Crippen LogP) is 3.69. The second kappa shape index (κ2) is 5.94. The van der Waals surface area contributed by atoms with Crippen LogP contribution < -0.4 is 5.32 Å². The minimum atomic E-state index is 0.575. The molecule has 3 nitrogen and oxygen atoms in total. The topological polar surface area (TPSA) is 29.9 Å². The van der Waals surface area contributed by atoms with Crippen molar-refractivity contribution in [3.63, 3.8) is 0 Å². The molecule has 2 aromatic rings. The van der Waals surface area contributed by atoms with Crippen LogP contribution in [0.5, 0.6) is 0 Å². The third-order valence-electron chi connectivity index (χ3n) is 2.40. The third-order valence-corrected chi connectivity index (χ3v) is 3.14. The van der Waals surface area contributed by atoms with Crippen molar-refractivity contribution in [3.8, 4) is 0 Å². The van der Waals surface area contributed by atoms with Crippen LogP contribution in [0.4, 0.5) is 5.69 Å². The van der Waals surface area contributed by atoms with E-state index >= 15 is 0 Å². The average molecular weight is 270 g/mol. The average Bonchev–Trinajstić information content (AvgIpc) is 2.82. The summed E-state index contributed by atoms with van der Waals surface area (Å²) in [5.74, 6) is 0. The molecule has 0 aliphatic heterocycles. The van der Waals surface area contributed by atoms with Gasteiger partial charge in [0, 0.05) is 31.2 Å². The third kappa shape index (κ3) is 3.65. The van der Waals surface area contributed by atoms with Crippen LogP contribution >= 0.6 is 23.2 Å². The number of hydrogen-bond acceptors (Lipinski definition) is 2. The highest BCUT2D eigenvalue weighted by Gasteiger charge is 1.98. The molecule has 0 aliphatic rings. The molecule has 0 unspecified atom stereocenters. The van der Waals surface area contributed by atoms with Gasteiger partial charge in [0.2, 0.25) is 0 Å². The molecule has 1 aromatic carbocycles. The van der Waals surface area contributed by atoms with E-state index in [-0.39, 0.29) is 0 Å². The molecule has 5 heteroatoms. The van der Waals surface area contributed by atoms with Gasteiger partial charge in [-0.1, -0.05) is 23.2 Å². The fraction of sp³-hybridized carbons (Fsp3) is 0.250. The predicted molar refractivity (Wildman–Crippen MR) is 71.8 cm³/mol. The summed E-state index contributed by atoms with van der Waals surface area (Å²) < 4.78 is 2.05. The lowest BCUT2D eigenvalue weighted by molar-refractivity contribution is 0.661. The molecule has 0 atom stereocenters. The number of imidazole rings is 1. The zero-order chi connectivity index (χ0) is 12.1. The van der Waals surface area contributed by atoms with Gasteiger partial charge in [0.1, 0.15) is 0 Å². The lowest BCUT2D eigenvalue weighted by Crippen LogP contribution is -2.05. The molecular weight excluding hydrogens is 257 g/mol. The molecule has 90 valence electrons. The smallest absolute Gasteiger partial charge is 0.0945 e. The van der Waals surface area contributed by atoms with Crippen LogP contribution in [0, 0.1) is 0 Å². The molecule has 0 aliphatic carbocycles. The van der Waals surface area contributed by atoms with Crippen molar-refractivity contribution in [1.82, 2.24) is 9.55 Å². The van der Waals surface area contributed by atoms with Gasteiger partial charge in [-0.3, -0.25) is 0 Å². The van der Waals surface area contributed by atoms with Crippen LogP contribution in [0.3, 0.4) is 0 Å². The zero-order valence-electron chi connectivity index (χ0n) is 9.24. The number of anilines is 1. The molecule has 0 spiro atoms. The van der Waals surface area contributed by atoms with E-state index < -0.39 is 0 Å². The lowest BCUT2D eigenvalue weighted by atomic mass is 10.3. The number of rotatable bonds is 5. The van der Waals surface area contributed by atoms with Crippen LogP contribution in [0.2, 0.25) is 10.0 Å². The second-order valence-corrected chi connectivity index (χ2v) is 4.52. The summed E-state index contributed by atoms with van der Waals surface area (Å²) in [6.45, 7) is 1.84. The Balaban J connectivity index is 1.76. The van der Waals surface area contributed by atoms with Gasteiger partial charge in [-0.15, -0.1) is 0 Å². The largest absolute Gasteiger partial charge is 0.385 e. The van der Waals surface area contributed by atoms with E-state index in [2.05, 4.69) is 14.9 Å². The normalized spacial score (nSPS) is 10.5. The Kier molecular flexibility index (Phi) is 4.29. The fourth-order valence-corrected chi connectivity index (χ4v) is 1.82. The SMILES string of the molecule is Clc1ccc(NCCCn2ccnc2)cc1Cl. The molecule has 0 fully saturated rings. The summed E-state index contributed by atoms with van der Waals surface area (Å²) in [6, 6.07) is 5.55. The van der Waals surface area contributed by atoms with Crippen LogP contribution in [0.15, 0.2) is 36.9 Å². The summed E-state index contributed by atoms with van der Waals surface area (Å²) in [5.41, 5.74) is 0.991. The molecule has 1 N–H and O–H groups in total. The quantitative estimate of drug-likeness (QED) is 0.840. The van der Waals surface area contributed by atoms with Gasteiger partial charge < -0.3 is 9.88 Å². The van der Waals surface area contributed by atoms with Crippen molar-refractivity contribution >= 4 is 28.9 Å².